The molecule has 1 aromatic heterocycles. The minimum atomic E-state index is 0.494. The van der Waals surface area contributed by atoms with Crippen molar-refractivity contribution in [3.05, 3.63) is 49.2 Å². The van der Waals surface area contributed by atoms with Crippen molar-refractivity contribution in [3.63, 3.8) is 0 Å². The molecule has 3 heteroatoms. The lowest BCUT2D eigenvalue weighted by molar-refractivity contribution is 0.725. The number of nitrogens with two attached hydrogens (primary N) is 1. The number of allylic oxidation sites excluding steroid dienone is 1. The topological polar surface area (TPSA) is 43.8 Å². The lowest BCUT2D eigenvalue weighted by Gasteiger charge is -1.96. The molecule has 0 atom stereocenters. The highest BCUT2D eigenvalue weighted by Crippen LogP contribution is 2.21. The summed E-state index contributed by atoms with van der Waals surface area (Å²) in [5.74, 6) is 0. The first-order valence-electron chi connectivity index (χ1n) is 4.75. The largest absolute Gasteiger partial charge is 0.397 e. The molecule has 76 valence electrons. The van der Waals surface area contributed by atoms with Crippen LogP contribution in [0.4, 0.5) is 0 Å². The third kappa shape index (κ3) is 1.52. The van der Waals surface area contributed by atoms with Gasteiger partial charge >= 0.3 is 0 Å². The molecule has 2 N–H and O–H groups in total. The van der Waals surface area contributed by atoms with E-state index in [9.17, 15) is 0 Å². The van der Waals surface area contributed by atoms with Crippen molar-refractivity contribution in [1.29, 1.82) is 0 Å². The van der Waals surface area contributed by atoms with Crippen molar-refractivity contribution >= 4 is 16.6 Å². The van der Waals surface area contributed by atoms with Crippen LogP contribution >= 0.6 is 0 Å². The van der Waals surface area contributed by atoms with Crippen molar-refractivity contribution in [2.75, 3.05) is 0 Å². The van der Waals surface area contributed by atoms with Crippen molar-refractivity contribution in [2.45, 2.75) is 6.54 Å². The highest BCUT2D eigenvalue weighted by molar-refractivity contribution is 5.89. The Labute approximate surface area is 88.5 Å². The van der Waals surface area contributed by atoms with Crippen LogP contribution < -0.4 is 5.73 Å². The molecule has 0 aliphatic heterocycles. The zero-order chi connectivity index (χ0) is 10.8. The Bertz CT molecular complexity index is 523. The van der Waals surface area contributed by atoms with Gasteiger partial charge in [-0.1, -0.05) is 30.9 Å². The van der Waals surface area contributed by atoms with Gasteiger partial charge in [-0.15, -0.1) is 6.58 Å². The molecule has 2 aromatic rings. The Balaban J connectivity index is 2.72. The number of hydrogen-bond donors (Lipinski definition) is 1. The molecule has 1 aromatic carbocycles. The summed E-state index contributed by atoms with van der Waals surface area (Å²) in [5.41, 5.74) is 8.00. The zero-order valence-electron chi connectivity index (χ0n) is 8.48. The summed E-state index contributed by atoms with van der Waals surface area (Å²) in [7, 11) is 0. The molecule has 3 nitrogen and oxygen atoms in total. The van der Waals surface area contributed by atoms with Gasteiger partial charge in [0, 0.05) is 5.39 Å². The summed E-state index contributed by atoms with van der Waals surface area (Å²) in [4.78, 5) is 0. The fourth-order valence-corrected chi connectivity index (χ4v) is 1.63. The SMILES string of the molecule is C=CCn1nc(C(=C)N)c2ccccc21. The third-order valence-electron chi connectivity index (χ3n) is 2.26. The summed E-state index contributed by atoms with van der Waals surface area (Å²) >= 11 is 0. The summed E-state index contributed by atoms with van der Waals surface area (Å²) in [6.45, 7) is 8.10. The van der Waals surface area contributed by atoms with Crippen molar-refractivity contribution in [3.8, 4) is 0 Å². The smallest absolute Gasteiger partial charge is 0.115 e. The number of aromatic nitrogens is 2. The van der Waals surface area contributed by atoms with Crippen LogP contribution in [0.25, 0.3) is 16.6 Å². The Morgan fingerprint density at radius 3 is 2.87 bits per heavy atom. The highest BCUT2D eigenvalue weighted by atomic mass is 15.3. The summed E-state index contributed by atoms with van der Waals surface area (Å²) in [6, 6.07) is 7.95. The second-order valence-electron chi connectivity index (χ2n) is 3.36. The molecule has 15 heavy (non-hydrogen) atoms. The number of hydrogen-bond acceptors (Lipinski definition) is 2. The van der Waals surface area contributed by atoms with E-state index in [0.717, 1.165) is 16.6 Å². The van der Waals surface area contributed by atoms with Crippen LogP contribution in [-0.4, -0.2) is 9.78 Å². The van der Waals surface area contributed by atoms with Crippen LogP contribution in [0.5, 0.6) is 0 Å². The molecule has 0 saturated heterocycles. The van der Waals surface area contributed by atoms with Gasteiger partial charge in [0.2, 0.25) is 0 Å². The van der Waals surface area contributed by atoms with E-state index >= 15 is 0 Å². The van der Waals surface area contributed by atoms with Gasteiger partial charge in [0.15, 0.2) is 0 Å². The normalized spacial score (nSPS) is 10.4. The van der Waals surface area contributed by atoms with Crippen LogP contribution in [0.1, 0.15) is 5.69 Å². The molecular formula is C12H13N3. The van der Waals surface area contributed by atoms with Gasteiger partial charge in [0.05, 0.1) is 17.8 Å². The Morgan fingerprint density at radius 2 is 2.20 bits per heavy atom. The number of para-hydroxylation sites is 1. The van der Waals surface area contributed by atoms with Crippen molar-refractivity contribution < 1.29 is 0 Å². The quantitative estimate of drug-likeness (QED) is 0.770. The predicted molar refractivity (Wildman–Crippen MR) is 63.2 cm³/mol. The van der Waals surface area contributed by atoms with Gasteiger partial charge in [-0.25, -0.2) is 0 Å². The number of rotatable bonds is 3. The van der Waals surface area contributed by atoms with Crippen molar-refractivity contribution in [1.82, 2.24) is 9.78 Å². The van der Waals surface area contributed by atoms with E-state index < -0.39 is 0 Å². The number of fused-ring (bicyclic) bond motifs is 1. The monoisotopic (exact) mass is 199 g/mol. The maximum atomic E-state index is 5.69. The van der Waals surface area contributed by atoms with Gasteiger partial charge in [0.25, 0.3) is 0 Å². The molecule has 0 saturated carbocycles. The highest BCUT2D eigenvalue weighted by Gasteiger charge is 2.09. The fourth-order valence-electron chi connectivity index (χ4n) is 1.63. The zero-order valence-corrected chi connectivity index (χ0v) is 8.48. The van der Waals surface area contributed by atoms with E-state index in [2.05, 4.69) is 18.3 Å². The summed E-state index contributed by atoms with van der Waals surface area (Å²) in [6.07, 6.45) is 1.81. The van der Waals surface area contributed by atoms with Crippen molar-refractivity contribution in [2.24, 2.45) is 5.73 Å². The first kappa shape index (κ1) is 9.52. The van der Waals surface area contributed by atoms with Crippen LogP contribution in [0, 0.1) is 0 Å². The molecular weight excluding hydrogens is 186 g/mol. The molecule has 0 aliphatic rings. The van der Waals surface area contributed by atoms with E-state index in [0.29, 0.717) is 12.2 Å². The molecule has 0 bridgehead atoms. The Morgan fingerprint density at radius 1 is 1.47 bits per heavy atom. The van der Waals surface area contributed by atoms with E-state index in [1.807, 2.05) is 35.0 Å². The van der Waals surface area contributed by atoms with Crippen LogP contribution in [0.2, 0.25) is 0 Å². The third-order valence-corrected chi connectivity index (χ3v) is 2.26. The Hall–Kier alpha value is -2.03. The molecule has 1 heterocycles. The van der Waals surface area contributed by atoms with Gasteiger partial charge in [-0.3, -0.25) is 4.68 Å². The molecule has 0 spiro atoms. The van der Waals surface area contributed by atoms with Crippen LogP contribution in [0.15, 0.2) is 43.5 Å². The number of benzene rings is 1. The molecule has 0 amide bonds. The lowest BCUT2D eigenvalue weighted by atomic mass is 10.2. The maximum absolute atomic E-state index is 5.69. The molecule has 0 radical (unpaired) electrons. The van der Waals surface area contributed by atoms with E-state index in [-0.39, 0.29) is 0 Å². The van der Waals surface area contributed by atoms with Crippen LogP contribution in [0.3, 0.4) is 0 Å². The molecule has 2 rings (SSSR count). The van der Waals surface area contributed by atoms with E-state index in [4.69, 9.17) is 5.73 Å². The molecule has 0 fully saturated rings. The number of nitrogens with zero attached hydrogens (tertiary/aromatic N) is 2. The van der Waals surface area contributed by atoms with Crippen LogP contribution in [-0.2, 0) is 6.54 Å². The average Bonchev–Trinajstić information content (AvgIpc) is 2.59. The van der Waals surface area contributed by atoms with Gasteiger partial charge in [-0.2, -0.15) is 5.10 Å². The fraction of sp³-hybridized carbons (Fsp3) is 0.0833. The Kier molecular flexibility index (Phi) is 2.29. The van der Waals surface area contributed by atoms with E-state index in [1.54, 1.807) is 0 Å². The first-order chi connectivity index (χ1) is 7.24. The standard InChI is InChI=1S/C12H13N3/c1-3-8-15-11-7-5-4-6-10(11)12(14-15)9(2)13/h3-7H,1-2,8,13H2. The summed E-state index contributed by atoms with van der Waals surface area (Å²) in [5, 5.41) is 5.43. The molecule has 0 unspecified atom stereocenters. The van der Waals surface area contributed by atoms with Gasteiger partial charge in [-0.05, 0) is 6.07 Å². The second-order valence-corrected chi connectivity index (χ2v) is 3.36. The van der Waals surface area contributed by atoms with E-state index in [1.165, 1.54) is 0 Å². The first-order valence-corrected chi connectivity index (χ1v) is 4.75. The predicted octanol–water partition coefficient (Wildman–Crippen LogP) is 2.15. The second kappa shape index (κ2) is 3.61. The molecule has 0 aliphatic carbocycles. The summed E-state index contributed by atoms with van der Waals surface area (Å²) < 4.78 is 1.87. The van der Waals surface area contributed by atoms with Gasteiger partial charge in [0.1, 0.15) is 5.69 Å². The average molecular weight is 199 g/mol. The minimum Gasteiger partial charge on any atom is -0.397 e. The lowest BCUT2D eigenvalue weighted by Crippen LogP contribution is -2.00. The minimum absolute atomic E-state index is 0.494. The van der Waals surface area contributed by atoms with Gasteiger partial charge < -0.3 is 5.73 Å². The maximum Gasteiger partial charge on any atom is 0.115 e.